The Kier molecular flexibility index (Phi) is 6.21. The van der Waals surface area contributed by atoms with Crippen molar-refractivity contribution in [2.75, 3.05) is 5.75 Å². The summed E-state index contributed by atoms with van der Waals surface area (Å²) < 4.78 is 1.99. The van der Waals surface area contributed by atoms with E-state index in [-0.39, 0.29) is 0 Å². The first-order valence-corrected chi connectivity index (χ1v) is 7.34. The highest BCUT2D eigenvalue weighted by atomic mass is 32.2. The molecular weight excluding hydrogens is 250 g/mol. The Morgan fingerprint density at radius 1 is 1.56 bits per heavy atom. The maximum Gasteiger partial charge on any atom is 0.321 e. The average Bonchev–Trinajstić information content (AvgIpc) is 2.79. The number of carbonyl (C=O) groups is 1. The second-order valence-electron chi connectivity index (χ2n) is 4.22. The van der Waals surface area contributed by atoms with Crippen molar-refractivity contribution in [3.05, 3.63) is 18.0 Å². The third-order valence-corrected chi connectivity index (χ3v) is 3.94. The van der Waals surface area contributed by atoms with E-state index >= 15 is 0 Å². The van der Waals surface area contributed by atoms with Crippen molar-refractivity contribution in [1.29, 1.82) is 0 Å². The lowest BCUT2D eigenvalue weighted by Crippen LogP contribution is -2.32. The molecule has 6 heteroatoms. The van der Waals surface area contributed by atoms with Gasteiger partial charge in [-0.2, -0.15) is 16.9 Å². The Bertz CT molecular complexity index is 377. The Morgan fingerprint density at radius 2 is 2.22 bits per heavy atom. The van der Waals surface area contributed by atoms with Crippen LogP contribution >= 0.6 is 11.8 Å². The lowest BCUT2D eigenvalue weighted by molar-refractivity contribution is -0.137. The smallest absolute Gasteiger partial charge is 0.321 e. The number of hydrogen-bond acceptors (Lipinski definition) is 4. The standard InChI is InChI=1S/C12H21N3O2S/c1-3-10(4-2)15-6-5-9(14-15)7-18-8-11(13)12(16)17/h5-6,10-11H,3-4,7-8,13H2,1-2H3,(H,16,17). The molecule has 1 aromatic rings. The number of thioether (sulfide) groups is 1. The van der Waals surface area contributed by atoms with E-state index in [4.69, 9.17) is 10.8 Å². The van der Waals surface area contributed by atoms with E-state index in [1.165, 1.54) is 11.8 Å². The minimum atomic E-state index is -0.954. The van der Waals surface area contributed by atoms with Gasteiger partial charge in [-0.25, -0.2) is 0 Å². The van der Waals surface area contributed by atoms with Crippen LogP contribution in [0.4, 0.5) is 0 Å². The fourth-order valence-electron chi connectivity index (χ4n) is 1.68. The first kappa shape index (κ1) is 15.0. The molecule has 1 atom stereocenters. The Hall–Kier alpha value is -1.01. The molecule has 1 heterocycles. The summed E-state index contributed by atoms with van der Waals surface area (Å²) in [6.45, 7) is 4.30. The second-order valence-corrected chi connectivity index (χ2v) is 5.25. The molecule has 0 saturated heterocycles. The van der Waals surface area contributed by atoms with Crippen LogP contribution in [0.3, 0.4) is 0 Å². The van der Waals surface area contributed by atoms with Gasteiger partial charge in [0.25, 0.3) is 0 Å². The van der Waals surface area contributed by atoms with Crippen molar-refractivity contribution in [2.45, 2.75) is 44.5 Å². The first-order chi connectivity index (χ1) is 8.58. The fraction of sp³-hybridized carbons (Fsp3) is 0.667. The van der Waals surface area contributed by atoms with Crippen LogP contribution in [-0.4, -0.2) is 32.7 Å². The molecule has 0 radical (unpaired) electrons. The Labute approximate surface area is 112 Å². The molecule has 1 aromatic heterocycles. The number of carboxylic acid groups (broad SMARTS) is 1. The first-order valence-electron chi connectivity index (χ1n) is 6.18. The number of nitrogens with zero attached hydrogens (tertiary/aromatic N) is 2. The number of aliphatic carboxylic acids is 1. The summed E-state index contributed by atoms with van der Waals surface area (Å²) in [5, 5.41) is 13.2. The van der Waals surface area contributed by atoms with Gasteiger partial charge < -0.3 is 10.8 Å². The van der Waals surface area contributed by atoms with E-state index in [1.807, 2.05) is 16.9 Å². The highest BCUT2D eigenvalue weighted by Crippen LogP contribution is 2.17. The predicted octanol–water partition coefficient (Wildman–Crippen LogP) is 1.89. The van der Waals surface area contributed by atoms with E-state index in [9.17, 15) is 4.79 Å². The molecule has 3 N–H and O–H groups in total. The lowest BCUT2D eigenvalue weighted by Gasteiger charge is -2.12. The van der Waals surface area contributed by atoms with Gasteiger partial charge in [-0.1, -0.05) is 13.8 Å². The van der Waals surface area contributed by atoms with Gasteiger partial charge in [0.15, 0.2) is 0 Å². The van der Waals surface area contributed by atoms with Crippen molar-refractivity contribution in [3.8, 4) is 0 Å². The maximum absolute atomic E-state index is 10.6. The summed E-state index contributed by atoms with van der Waals surface area (Å²) in [6, 6.07) is 1.64. The second kappa shape index (κ2) is 7.43. The van der Waals surface area contributed by atoms with Crippen molar-refractivity contribution in [2.24, 2.45) is 5.73 Å². The average molecular weight is 271 g/mol. The summed E-state index contributed by atoms with van der Waals surface area (Å²) in [5.74, 6) is 0.159. The number of aromatic nitrogens is 2. The fourth-order valence-corrected chi connectivity index (χ4v) is 2.56. The SMILES string of the molecule is CCC(CC)n1ccc(CSCC(N)C(=O)O)n1. The van der Waals surface area contributed by atoms with Gasteiger partial charge in [-0.15, -0.1) is 0 Å². The van der Waals surface area contributed by atoms with Crippen LogP contribution < -0.4 is 5.73 Å². The molecule has 0 saturated carbocycles. The number of hydrogen-bond donors (Lipinski definition) is 2. The normalized spacial score (nSPS) is 12.9. The van der Waals surface area contributed by atoms with Gasteiger partial charge in [-0.05, 0) is 18.9 Å². The van der Waals surface area contributed by atoms with Crippen LogP contribution in [-0.2, 0) is 10.5 Å². The van der Waals surface area contributed by atoms with Gasteiger partial charge in [0.1, 0.15) is 6.04 Å². The van der Waals surface area contributed by atoms with E-state index < -0.39 is 12.0 Å². The summed E-state index contributed by atoms with van der Waals surface area (Å²) >= 11 is 1.50. The van der Waals surface area contributed by atoms with Gasteiger partial charge in [0.05, 0.1) is 11.7 Å². The third kappa shape index (κ3) is 4.34. The van der Waals surface area contributed by atoms with Crippen LogP contribution in [0.15, 0.2) is 12.3 Å². The lowest BCUT2D eigenvalue weighted by atomic mass is 10.2. The molecule has 0 bridgehead atoms. The molecular formula is C12H21N3O2S. The zero-order valence-electron chi connectivity index (χ0n) is 10.9. The van der Waals surface area contributed by atoms with Gasteiger partial charge in [0.2, 0.25) is 0 Å². The predicted molar refractivity (Wildman–Crippen MR) is 73.6 cm³/mol. The van der Waals surface area contributed by atoms with Gasteiger partial charge >= 0.3 is 5.97 Å². The largest absolute Gasteiger partial charge is 0.480 e. The van der Waals surface area contributed by atoms with Crippen molar-refractivity contribution in [1.82, 2.24) is 9.78 Å². The summed E-state index contributed by atoms with van der Waals surface area (Å²) in [5.41, 5.74) is 6.41. The molecule has 0 aliphatic rings. The molecule has 0 spiro atoms. The van der Waals surface area contributed by atoms with Crippen LogP contribution in [0.2, 0.25) is 0 Å². The topological polar surface area (TPSA) is 81.1 Å². The van der Waals surface area contributed by atoms with Crippen LogP contribution in [0.1, 0.15) is 38.4 Å². The summed E-state index contributed by atoms with van der Waals surface area (Å²) in [4.78, 5) is 10.6. The molecule has 5 nitrogen and oxygen atoms in total. The van der Waals surface area contributed by atoms with E-state index in [2.05, 4.69) is 18.9 Å². The van der Waals surface area contributed by atoms with Crippen LogP contribution in [0, 0.1) is 0 Å². The van der Waals surface area contributed by atoms with Crippen molar-refractivity contribution >= 4 is 17.7 Å². The molecule has 1 unspecified atom stereocenters. The highest BCUT2D eigenvalue weighted by molar-refractivity contribution is 7.98. The molecule has 18 heavy (non-hydrogen) atoms. The molecule has 0 amide bonds. The molecule has 0 aliphatic carbocycles. The Balaban J connectivity index is 2.42. The van der Waals surface area contributed by atoms with Gasteiger partial charge in [0, 0.05) is 17.7 Å². The molecule has 0 aliphatic heterocycles. The van der Waals surface area contributed by atoms with Crippen molar-refractivity contribution < 1.29 is 9.90 Å². The van der Waals surface area contributed by atoms with Crippen molar-refractivity contribution in [3.63, 3.8) is 0 Å². The highest BCUT2D eigenvalue weighted by Gasteiger charge is 2.12. The summed E-state index contributed by atoms with van der Waals surface area (Å²) in [7, 11) is 0. The van der Waals surface area contributed by atoms with E-state index in [0.717, 1.165) is 18.5 Å². The monoisotopic (exact) mass is 271 g/mol. The molecule has 0 aromatic carbocycles. The maximum atomic E-state index is 10.6. The number of nitrogens with two attached hydrogens (primary N) is 1. The third-order valence-electron chi connectivity index (χ3n) is 2.84. The zero-order valence-corrected chi connectivity index (χ0v) is 11.7. The van der Waals surface area contributed by atoms with Gasteiger partial charge in [-0.3, -0.25) is 9.48 Å². The quantitative estimate of drug-likeness (QED) is 0.754. The minimum absolute atomic E-state index is 0.410. The minimum Gasteiger partial charge on any atom is -0.480 e. The zero-order chi connectivity index (χ0) is 13.5. The summed E-state index contributed by atoms with van der Waals surface area (Å²) in [6.07, 6.45) is 4.12. The Morgan fingerprint density at radius 3 is 2.78 bits per heavy atom. The number of rotatable bonds is 8. The van der Waals surface area contributed by atoms with Crippen LogP contribution in [0.5, 0.6) is 0 Å². The molecule has 102 valence electrons. The molecule has 0 fully saturated rings. The van der Waals surface area contributed by atoms with Crippen LogP contribution in [0.25, 0.3) is 0 Å². The molecule has 1 rings (SSSR count). The van der Waals surface area contributed by atoms with E-state index in [0.29, 0.717) is 17.5 Å². The van der Waals surface area contributed by atoms with E-state index in [1.54, 1.807) is 0 Å². The number of carboxylic acids is 1.